The van der Waals surface area contributed by atoms with E-state index in [1.165, 1.54) is 25.3 Å². The lowest BCUT2D eigenvalue weighted by molar-refractivity contribution is 0.0593. The van der Waals surface area contributed by atoms with Crippen LogP contribution in [0.5, 0.6) is 0 Å². The summed E-state index contributed by atoms with van der Waals surface area (Å²) in [6, 6.07) is 3.89. The number of nitrogens with one attached hydrogen (secondary N) is 1. The minimum Gasteiger partial charge on any atom is -0.464 e. The molecular formula is C11H8FNO3. The minimum absolute atomic E-state index is 0.0399. The lowest BCUT2D eigenvalue weighted by atomic mass is 10.1. The fourth-order valence-corrected chi connectivity index (χ4v) is 1.58. The fraction of sp³-hybridized carbons (Fsp3) is 0.0909. The van der Waals surface area contributed by atoms with E-state index in [1.807, 2.05) is 0 Å². The number of hydrogen-bond donors (Lipinski definition) is 1. The molecule has 0 aliphatic rings. The van der Waals surface area contributed by atoms with Gasteiger partial charge in [0.1, 0.15) is 11.5 Å². The normalized spacial score (nSPS) is 10.4. The summed E-state index contributed by atoms with van der Waals surface area (Å²) in [5, 5.41) is 0.497. The molecule has 4 nitrogen and oxygen atoms in total. The van der Waals surface area contributed by atoms with Crippen LogP contribution in [0.25, 0.3) is 10.9 Å². The van der Waals surface area contributed by atoms with Crippen LogP contribution in [0, 0.1) is 5.82 Å². The number of aromatic amines is 1. The number of ether oxygens (including phenoxy) is 1. The molecule has 0 aliphatic heterocycles. The summed E-state index contributed by atoms with van der Waals surface area (Å²) >= 11 is 0. The second kappa shape index (κ2) is 3.77. The molecule has 16 heavy (non-hydrogen) atoms. The first kappa shape index (κ1) is 10.4. The number of esters is 1. The van der Waals surface area contributed by atoms with Gasteiger partial charge in [-0.15, -0.1) is 0 Å². The van der Waals surface area contributed by atoms with Crippen LogP contribution in [-0.4, -0.2) is 24.3 Å². The Morgan fingerprint density at radius 2 is 2.25 bits per heavy atom. The minimum atomic E-state index is -0.654. The number of fused-ring (bicyclic) bond motifs is 1. The smallest absolute Gasteiger partial charge is 0.355 e. The number of aromatic nitrogens is 1. The summed E-state index contributed by atoms with van der Waals surface area (Å²) in [5.74, 6) is -1.10. The van der Waals surface area contributed by atoms with E-state index >= 15 is 0 Å². The summed E-state index contributed by atoms with van der Waals surface area (Å²) in [6.07, 6.45) is 0.545. The van der Waals surface area contributed by atoms with Crippen molar-refractivity contribution < 1.29 is 18.7 Å². The Hall–Kier alpha value is -2.17. The summed E-state index contributed by atoms with van der Waals surface area (Å²) < 4.78 is 17.5. The monoisotopic (exact) mass is 221 g/mol. The first-order chi connectivity index (χ1) is 7.67. The number of benzene rings is 1. The van der Waals surface area contributed by atoms with E-state index in [9.17, 15) is 14.0 Å². The summed E-state index contributed by atoms with van der Waals surface area (Å²) in [5.41, 5.74) is 0.613. The predicted octanol–water partition coefficient (Wildman–Crippen LogP) is 1.91. The maximum Gasteiger partial charge on any atom is 0.355 e. The van der Waals surface area contributed by atoms with Gasteiger partial charge in [-0.3, -0.25) is 4.79 Å². The van der Waals surface area contributed by atoms with Crippen molar-refractivity contribution in [3.8, 4) is 0 Å². The van der Waals surface area contributed by atoms with Crippen molar-refractivity contribution in [3.63, 3.8) is 0 Å². The quantitative estimate of drug-likeness (QED) is 0.622. The molecule has 0 aliphatic carbocycles. The van der Waals surface area contributed by atoms with Crippen LogP contribution in [0.3, 0.4) is 0 Å². The van der Waals surface area contributed by atoms with Crippen molar-refractivity contribution in [2.24, 2.45) is 0 Å². The molecule has 82 valence electrons. The van der Waals surface area contributed by atoms with Gasteiger partial charge in [-0.25, -0.2) is 9.18 Å². The molecule has 2 rings (SSSR count). The van der Waals surface area contributed by atoms with Crippen LogP contribution in [0.1, 0.15) is 20.8 Å². The maximum atomic E-state index is 12.9. The van der Waals surface area contributed by atoms with Gasteiger partial charge in [0.15, 0.2) is 6.29 Å². The van der Waals surface area contributed by atoms with E-state index in [1.54, 1.807) is 0 Å². The van der Waals surface area contributed by atoms with Gasteiger partial charge >= 0.3 is 5.97 Å². The second-order valence-electron chi connectivity index (χ2n) is 3.21. The van der Waals surface area contributed by atoms with E-state index in [-0.39, 0.29) is 11.3 Å². The Kier molecular flexibility index (Phi) is 2.44. The van der Waals surface area contributed by atoms with E-state index in [2.05, 4.69) is 9.72 Å². The molecule has 0 saturated carbocycles. The number of methoxy groups -OCH3 is 1. The van der Waals surface area contributed by atoms with Crippen LogP contribution in [0.4, 0.5) is 4.39 Å². The lowest BCUT2D eigenvalue weighted by Crippen LogP contribution is -2.04. The van der Waals surface area contributed by atoms with Gasteiger partial charge in [0.05, 0.1) is 12.7 Å². The number of carbonyl (C=O) groups is 2. The van der Waals surface area contributed by atoms with Crippen molar-refractivity contribution in [1.29, 1.82) is 0 Å². The van der Waals surface area contributed by atoms with E-state index in [4.69, 9.17) is 0 Å². The molecule has 1 aromatic carbocycles. The maximum absolute atomic E-state index is 12.9. The van der Waals surface area contributed by atoms with Gasteiger partial charge in [-0.1, -0.05) is 0 Å². The van der Waals surface area contributed by atoms with E-state index in [0.29, 0.717) is 17.2 Å². The highest BCUT2D eigenvalue weighted by atomic mass is 19.1. The Morgan fingerprint density at radius 1 is 1.50 bits per heavy atom. The van der Waals surface area contributed by atoms with Gasteiger partial charge < -0.3 is 9.72 Å². The average Bonchev–Trinajstić information content (AvgIpc) is 2.65. The van der Waals surface area contributed by atoms with Gasteiger partial charge in [-0.05, 0) is 18.2 Å². The number of carbonyl (C=O) groups excluding carboxylic acids is 2. The van der Waals surface area contributed by atoms with Crippen LogP contribution in [0.2, 0.25) is 0 Å². The molecule has 0 spiro atoms. The number of halogens is 1. The zero-order valence-electron chi connectivity index (χ0n) is 8.41. The van der Waals surface area contributed by atoms with Crippen molar-refractivity contribution >= 4 is 23.2 Å². The molecule has 0 fully saturated rings. The highest BCUT2D eigenvalue weighted by Crippen LogP contribution is 2.22. The molecule has 1 N–H and O–H groups in total. The van der Waals surface area contributed by atoms with Crippen LogP contribution >= 0.6 is 0 Å². The standard InChI is InChI=1S/C11H8FNO3/c1-16-11(15)10-8(5-14)7-3-2-6(12)4-9(7)13-10/h2-5,13H,1H3. The van der Waals surface area contributed by atoms with Crippen LogP contribution in [0.15, 0.2) is 18.2 Å². The summed E-state index contributed by atoms with van der Waals surface area (Å²) in [6.45, 7) is 0. The fourth-order valence-electron chi connectivity index (χ4n) is 1.58. The largest absolute Gasteiger partial charge is 0.464 e. The van der Waals surface area contributed by atoms with Crippen molar-refractivity contribution in [1.82, 2.24) is 4.98 Å². The molecule has 2 aromatic rings. The van der Waals surface area contributed by atoms with Gasteiger partial charge in [0.2, 0.25) is 0 Å². The highest BCUT2D eigenvalue weighted by molar-refractivity contribution is 6.08. The Bertz CT molecular complexity index is 574. The number of H-pyrrole nitrogens is 1. The topological polar surface area (TPSA) is 59.2 Å². The first-order valence-corrected chi connectivity index (χ1v) is 4.52. The molecule has 5 heteroatoms. The van der Waals surface area contributed by atoms with Crippen LogP contribution < -0.4 is 0 Å². The number of aldehydes is 1. The van der Waals surface area contributed by atoms with Crippen molar-refractivity contribution in [2.45, 2.75) is 0 Å². The molecule has 0 atom stereocenters. The highest BCUT2D eigenvalue weighted by Gasteiger charge is 2.17. The molecule has 0 unspecified atom stereocenters. The second-order valence-corrected chi connectivity index (χ2v) is 3.21. The third kappa shape index (κ3) is 1.46. The van der Waals surface area contributed by atoms with Crippen molar-refractivity contribution in [3.05, 3.63) is 35.3 Å². The molecule has 0 radical (unpaired) electrons. The Labute approximate surface area is 90.0 Å². The van der Waals surface area contributed by atoms with Crippen LogP contribution in [-0.2, 0) is 4.74 Å². The SMILES string of the molecule is COC(=O)c1[nH]c2cc(F)ccc2c1C=O. The van der Waals surface area contributed by atoms with Gasteiger partial charge in [0.25, 0.3) is 0 Å². The molecule has 1 heterocycles. The third-order valence-corrected chi connectivity index (χ3v) is 2.31. The molecule has 0 saturated heterocycles. The van der Waals surface area contributed by atoms with E-state index in [0.717, 1.165) is 0 Å². The molecule has 0 amide bonds. The average molecular weight is 221 g/mol. The van der Waals surface area contributed by atoms with Gasteiger partial charge in [-0.2, -0.15) is 0 Å². The Morgan fingerprint density at radius 3 is 2.88 bits per heavy atom. The van der Waals surface area contributed by atoms with Crippen molar-refractivity contribution in [2.75, 3.05) is 7.11 Å². The van der Waals surface area contributed by atoms with Gasteiger partial charge in [0, 0.05) is 10.9 Å². The number of hydrogen-bond acceptors (Lipinski definition) is 3. The van der Waals surface area contributed by atoms with E-state index < -0.39 is 11.8 Å². The third-order valence-electron chi connectivity index (χ3n) is 2.31. The summed E-state index contributed by atoms with van der Waals surface area (Å²) in [4.78, 5) is 24.9. The zero-order valence-corrected chi connectivity index (χ0v) is 8.41. The number of rotatable bonds is 2. The Balaban J connectivity index is 2.75. The molecule has 0 bridgehead atoms. The summed E-state index contributed by atoms with van der Waals surface area (Å²) in [7, 11) is 1.21. The zero-order chi connectivity index (χ0) is 11.7. The first-order valence-electron chi connectivity index (χ1n) is 4.52. The predicted molar refractivity (Wildman–Crippen MR) is 55.0 cm³/mol. The lowest BCUT2D eigenvalue weighted by Gasteiger charge is -1.95. The molecule has 1 aromatic heterocycles. The molecular weight excluding hydrogens is 213 g/mol.